The molecular formula is C30H29N5O3. The van der Waals surface area contributed by atoms with E-state index in [0.717, 1.165) is 57.6 Å². The number of aryl methyl sites for hydroxylation is 1. The number of para-hydroxylation sites is 1. The molecule has 0 unspecified atom stereocenters. The largest absolute Gasteiger partial charge is 0.494 e. The summed E-state index contributed by atoms with van der Waals surface area (Å²) >= 11 is 0. The molecule has 1 aliphatic carbocycles. The summed E-state index contributed by atoms with van der Waals surface area (Å²) in [6, 6.07) is 14.1. The van der Waals surface area contributed by atoms with Crippen molar-refractivity contribution >= 4 is 22.5 Å². The Morgan fingerprint density at radius 1 is 1.13 bits per heavy atom. The van der Waals surface area contributed by atoms with E-state index in [-0.39, 0.29) is 5.91 Å². The first-order chi connectivity index (χ1) is 18.6. The Labute approximate surface area is 221 Å². The molecule has 3 heterocycles. The first-order valence-corrected chi connectivity index (χ1v) is 13.0. The number of amides is 1. The number of fused-ring (bicyclic) bond motifs is 1. The number of nitrogens with zero attached hydrogens (tertiary/aromatic N) is 4. The Balaban J connectivity index is 1.45. The van der Waals surface area contributed by atoms with Gasteiger partial charge in [-0.3, -0.25) is 20.2 Å². The highest BCUT2D eigenvalue weighted by Gasteiger charge is 2.27. The minimum absolute atomic E-state index is 0.207. The first-order valence-electron chi connectivity index (χ1n) is 13.0. The van der Waals surface area contributed by atoms with E-state index in [1.54, 1.807) is 6.20 Å². The standard InChI is InChI=1S/C30H29N5O3/c1-20-15-21(18-31)17-22(16-20)23-5-4-6-24-28(23)32-19-25(29(24)34-9-12-37-13-10-34)30(36)33-35-11-14-38-27-8-3-2-7-26(27)35/h2,4-7,15-17,19H,3,8-14H2,1H3,(H,33,36). The maximum absolute atomic E-state index is 13.8. The number of carbonyl (C=O) groups is 1. The average molecular weight is 508 g/mol. The van der Waals surface area contributed by atoms with Crippen molar-refractivity contribution in [1.82, 2.24) is 15.4 Å². The zero-order valence-corrected chi connectivity index (χ0v) is 21.4. The van der Waals surface area contributed by atoms with E-state index in [2.05, 4.69) is 28.5 Å². The number of nitriles is 1. The fraction of sp³-hybridized carbons (Fsp3) is 0.300. The van der Waals surface area contributed by atoms with E-state index < -0.39 is 0 Å². The monoisotopic (exact) mass is 507 g/mol. The van der Waals surface area contributed by atoms with Gasteiger partial charge in [0.2, 0.25) is 0 Å². The highest BCUT2D eigenvalue weighted by Crippen LogP contribution is 2.36. The quantitative estimate of drug-likeness (QED) is 0.558. The van der Waals surface area contributed by atoms with Crippen LogP contribution < -0.4 is 10.3 Å². The second-order valence-electron chi connectivity index (χ2n) is 9.71. The van der Waals surface area contributed by atoms with Crippen molar-refractivity contribution in [3.63, 3.8) is 0 Å². The van der Waals surface area contributed by atoms with Gasteiger partial charge in [0.1, 0.15) is 12.4 Å². The third-order valence-corrected chi connectivity index (χ3v) is 7.18. The molecule has 6 rings (SSSR count). The predicted molar refractivity (Wildman–Crippen MR) is 145 cm³/mol. The van der Waals surface area contributed by atoms with Crippen LogP contribution in [0.5, 0.6) is 0 Å². The van der Waals surface area contributed by atoms with Crippen molar-refractivity contribution in [2.45, 2.75) is 19.8 Å². The predicted octanol–water partition coefficient (Wildman–Crippen LogP) is 4.46. The van der Waals surface area contributed by atoms with Crippen LogP contribution in [0.25, 0.3) is 22.0 Å². The maximum atomic E-state index is 13.8. The van der Waals surface area contributed by atoms with Crippen molar-refractivity contribution in [2.24, 2.45) is 0 Å². The van der Waals surface area contributed by atoms with Gasteiger partial charge >= 0.3 is 0 Å². The molecule has 1 saturated heterocycles. The Bertz CT molecular complexity index is 1510. The molecule has 3 aromatic rings. The van der Waals surface area contributed by atoms with E-state index in [9.17, 15) is 10.1 Å². The lowest BCUT2D eigenvalue weighted by molar-refractivity contribution is 0.0689. The van der Waals surface area contributed by atoms with Crippen molar-refractivity contribution in [1.29, 1.82) is 5.26 Å². The third-order valence-electron chi connectivity index (χ3n) is 7.18. The Morgan fingerprint density at radius 3 is 2.84 bits per heavy atom. The van der Waals surface area contributed by atoms with Crippen LogP contribution in [0.4, 0.5) is 5.69 Å². The molecule has 0 radical (unpaired) electrons. The number of benzene rings is 2. The number of rotatable bonds is 4. The molecule has 2 aliphatic heterocycles. The highest BCUT2D eigenvalue weighted by atomic mass is 16.5. The molecule has 0 saturated carbocycles. The van der Waals surface area contributed by atoms with Gasteiger partial charge in [-0.05, 0) is 42.7 Å². The molecule has 0 atom stereocenters. The van der Waals surface area contributed by atoms with E-state index in [1.807, 2.05) is 48.3 Å². The number of hydrogen-bond donors (Lipinski definition) is 1. The summed E-state index contributed by atoms with van der Waals surface area (Å²) in [4.78, 5) is 20.8. The number of nitrogens with one attached hydrogen (secondary N) is 1. The fourth-order valence-corrected chi connectivity index (χ4v) is 5.44. The molecular weight excluding hydrogens is 478 g/mol. The molecule has 2 aromatic carbocycles. The van der Waals surface area contributed by atoms with E-state index >= 15 is 0 Å². The van der Waals surface area contributed by atoms with Gasteiger partial charge in [0, 0.05) is 36.7 Å². The molecule has 3 aliphatic rings. The number of allylic oxidation sites excluding steroid dienone is 3. The molecule has 8 heteroatoms. The van der Waals surface area contributed by atoms with Crippen molar-refractivity contribution in [2.75, 3.05) is 44.4 Å². The second-order valence-corrected chi connectivity index (χ2v) is 9.71. The lowest BCUT2D eigenvalue weighted by Gasteiger charge is -2.35. The summed E-state index contributed by atoms with van der Waals surface area (Å²) in [7, 11) is 0. The summed E-state index contributed by atoms with van der Waals surface area (Å²) in [5.74, 6) is 0.713. The van der Waals surface area contributed by atoms with E-state index in [4.69, 9.17) is 14.5 Å². The molecule has 192 valence electrons. The smallest absolute Gasteiger partial charge is 0.273 e. The normalized spacial score (nSPS) is 17.2. The summed E-state index contributed by atoms with van der Waals surface area (Å²) < 4.78 is 11.5. The Morgan fingerprint density at radius 2 is 2.00 bits per heavy atom. The number of carbonyl (C=O) groups excluding carboxylic acids is 1. The number of pyridine rings is 1. The zero-order valence-electron chi connectivity index (χ0n) is 21.4. The van der Waals surface area contributed by atoms with Crippen LogP contribution in [0.2, 0.25) is 0 Å². The summed E-state index contributed by atoms with van der Waals surface area (Å²) in [6.07, 6.45) is 7.58. The first kappa shape index (κ1) is 24.0. The van der Waals surface area contributed by atoms with E-state index in [0.29, 0.717) is 50.6 Å². The van der Waals surface area contributed by atoms with Gasteiger partial charge in [-0.1, -0.05) is 30.3 Å². The van der Waals surface area contributed by atoms with Crippen LogP contribution in [0.1, 0.15) is 34.3 Å². The Kier molecular flexibility index (Phi) is 6.44. The van der Waals surface area contributed by atoms with Gasteiger partial charge in [-0.15, -0.1) is 0 Å². The zero-order chi connectivity index (χ0) is 26.1. The number of hydrazine groups is 1. The van der Waals surface area contributed by atoms with Crippen LogP contribution >= 0.6 is 0 Å². The van der Waals surface area contributed by atoms with Crippen LogP contribution in [-0.4, -0.2) is 55.4 Å². The molecule has 1 aromatic heterocycles. The van der Waals surface area contributed by atoms with Gasteiger partial charge in [-0.25, -0.2) is 0 Å². The molecule has 38 heavy (non-hydrogen) atoms. The molecule has 0 spiro atoms. The minimum atomic E-state index is -0.207. The second kappa shape index (κ2) is 10.2. The number of anilines is 1. The van der Waals surface area contributed by atoms with Crippen molar-refractivity contribution in [3.05, 3.63) is 82.9 Å². The van der Waals surface area contributed by atoms with Crippen molar-refractivity contribution < 1.29 is 14.3 Å². The number of hydrogen-bond acceptors (Lipinski definition) is 7. The fourth-order valence-electron chi connectivity index (χ4n) is 5.44. The summed E-state index contributed by atoms with van der Waals surface area (Å²) in [6.45, 7) is 5.64. The van der Waals surface area contributed by atoms with Crippen LogP contribution in [0.15, 0.2) is 66.2 Å². The topological polar surface area (TPSA) is 90.7 Å². The summed E-state index contributed by atoms with van der Waals surface area (Å²) in [5, 5.41) is 12.3. The molecule has 1 amide bonds. The average Bonchev–Trinajstić information content (AvgIpc) is 2.96. The third kappa shape index (κ3) is 4.46. The maximum Gasteiger partial charge on any atom is 0.273 e. The Hall–Kier alpha value is -4.35. The number of ether oxygens (including phenoxy) is 2. The molecule has 1 fully saturated rings. The van der Waals surface area contributed by atoms with Gasteiger partial charge in [0.15, 0.2) is 0 Å². The van der Waals surface area contributed by atoms with E-state index in [1.165, 1.54) is 0 Å². The SMILES string of the molecule is Cc1cc(C#N)cc(-c2cccc3c(N4CCOCC4)c(C(=O)NN4CCOC5=C4C=CCC5)cnc23)c1. The number of aromatic nitrogens is 1. The van der Waals surface area contributed by atoms with Crippen LogP contribution in [-0.2, 0) is 9.47 Å². The molecule has 1 N–H and O–H groups in total. The minimum Gasteiger partial charge on any atom is -0.494 e. The van der Waals surface area contributed by atoms with Gasteiger partial charge in [0.05, 0.1) is 53.9 Å². The van der Waals surface area contributed by atoms with Crippen LogP contribution in [0, 0.1) is 18.3 Å². The number of morpholine rings is 1. The lowest BCUT2D eigenvalue weighted by Crippen LogP contribution is -2.46. The lowest BCUT2D eigenvalue weighted by atomic mass is 9.96. The molecule has 0 bridgehead atoms. The van der Waals surface area contributed by atoms with Crippen LogP contribution in [0.3, 0.4) is 0 Å². The van der Waals surface area contributed by atoms with Gasteiger partial charge < -0.3 is 14.4 Å². The van der Waals surface area contributed by atoms with Gasteiger partial charge in [-0.2, -0.15) is 5.26 Å². The highest BCUT2D eigenvalue weighted by molar-refractivity contribution is 6.10. The summed E-state index contributed by atoms with van der Waals surface area (Å²) in [5.41, 5.74) is 9.68. The van der Waals surface area contributed by atoms with Crippen molar-refractivity contribution in [3.8, 4) is 17.2 Å². The van der Waals surface area contributed by atoms with Gasteiger partial charge in [0.25, 0.3) is 5.91 Å². The molecule has 8 nitrogen and oxygen atoms in total.